The van der Waals surface area contributed by atoms with Crippen molar-refractivity contribution in [2.45, 2.75) is 54.7 Å². The molecule has 0 aliphatic carbocycles. The second-order valence-electron chi connectivity index (χ2n) is 3.85. The first-order valence-electron chi connectivity index (χ1n) is 8.14. The second kappa shape index (κ2) is 15.4. The first-order chi connectivity index (χ1) is 10.7. The van der Waals surface area contributed by atoms with E-state index in [1.807, 2.05) is 97.0 Å². The molecule has 0 aromatic heterocycles. The Morgan fingerprint density at radius 1 is 0.955 bits per heavy atom. The summed E-state index contributed by atoms with van der Waals surface area (Å²) in [5, 5.41) is 3.19. The molecule has 22 heavy (non-hydrogen) atoms. The zero-order chi connectivity index (χ0) is 17.4. The summed E-state index contributed by atoms with van der Waals surface area (Å²) in [5.41, 5.74) is 1.96. The SMILES string of the molecule is C/C=C\C.C=C1NC(c2ccccc2)O/C1=C/C.CC.CC. The predicted octanol–water partition coefficient (Wildman–Crippen LogP) is 6.36. The molecule has 0 spiro atoms. The van der Waals surface area contributed by atoms with Crippen molar-refractivity contribution in [1.29, 1.82) is 0 Å². The van der Waals surface area contributed by atoms with Gasteiger partial charge >= 0.3 is 0 Å². The third-order valence-corrected chi connectivity index (χ3v) is 2.55. The van der Waals surface area contributed by atoms with Crippen molar-refractivity contribution in [2.24, 2.45) is 0 Å². The molecule has 0 amide bonds. The van der Waals surface area contributed by atoms with Crippen LogP contribution in [-0.2, 0) is 4.74 Å². The zero-order valence-electron chi connectivity index (χ0n) is 15.3. The number of ether oxygens (including phenoxy) is 1. The Labute approximate surface area is 137 Å². The normalized spacial score (nSPS) is 17.1. The summed E-state index contributed by atoms with van der Waals surface area (Å²) in [6, 6.07) is 10.0. The van der Waals surface area contributed by atoms with Crippen molar-refractivity contribution >= 4 is 0 Å². The Morgan fingerprint density at radius 2 is 1.45 bits per heavy atom. The Hall–Kier alpha value is -1.96. The zero-order valence-corrected chi connectivity index (χ0v) is 15.3. The summed E-state index contributed by atoms with van der Waals surface area (Å²) >= 11 is 0. The van der Waals surface area contributed by atoms with Crippen molar-refractivity contribution in [3.8, 4) is 0 Å². The van der Waals surface area contributed by atoms with Crippen LogP contribution in [-0.4, -0.2) is 0 Å². The molecule has 1 aromatic rings. The number of benzene rings is 1. The number of allylic oxidation sites excluding steroid dienone is 3. The first-order valence-corrected chi connectivity index (χ1v) is 8.14. The summed E-state index contributed by atoms with van der Waals surface area (Å²) in [4.78, 5) is 0. The van der Waals surface area contributed by atoms with E-state index >= 15 is 0 Å². The fraction of sp³-hybridized carbons (Fsp3) is 0.400. The molecule has 0 saturated carbocycles. The lowest BCUT2D eigenvalue weighted by Gasteiger charge is -2.09. The van der Waals surface area contributed by atoms with E-state index in [0.29, 0.717) is 0 Å². The maximum absolute atomic E-state index is 5.66. The van der Waals surface area contributed by atoms with Crippen LogP contribution >= 0.6 is 0 Å². The molecule has 1 N–H and O–H groups in total. The molecular formula is C20H33NO. The van der Waals surface area contributed by atoms with Gasteiger partial charge in [-0.15, -0.1) is 0 Å². The number of nitrogens with one attached hydrogen (secondary N) is 1. The van der Waals surface area contributed by atoms with Crippen molar-refractivity contribution in [3.63, 3.8) is 0 Å². The average molecular weight is 303 g/mol. The third-order valence-electron chi connectivity index (χ3n) is 2.55. The summed E-state index contributed by atoms with van der Waals surface area (Å²) in [5.74, 6) is 0.832. The first kappa shape index (κ1) is 22.3. The van der Waals surface area contributed by atoms with Gasteiger partial charge in [-0.05, 0) is 26.8 Å². The minimum atomic E-state index is -0.0881. The van der Waals surface area contributed by atoms with Crippen molar-refractivity contribution < 1.29 is 4.74 Å². The fourth-order valence-electron chi connectivity index (χ4n) is 1.48. The van der Waals surface area contributed by atoms with Gasteiger partial charge in [0.2, 0.25) is 0 Å². The van der Waals surface area contributed by atoms with E-state index in [1.54, 1.807) is 0 Å². The highest BCUT2D eigenvalue weighted by atomic mass is 16.5. The van der Waals surface area contributed by atoms with E-state index in [1.165, 1.54) is 0 Å². The molecule has 2 rings (SSSR count). The maximum Gasteiger partial charge on any atom is 0.196 e. The van der Waals surface area contributed by atoms with Crippen LogP contribution in [0.5, 0.6) is 0 Å². The van der Waals surface area contributed by atoms with E-state index in [4.69, 9.17) is 4.74 Å². The largest absolute Gasteiger partial charge is 0.465 e. The Morgan fingerprint density at radius 3 is 1.82 bits per heavy atom. The quantitative estimate of drug-likeness (QED) is 0.610. The van der Waals surface area contributed by atoms with Crippen LogP contribution in [0.4, 0.5) is 0 Å². The highest BCUT2D eigenvalue weighted by Crippen LogP contribution is 2.28. The van der Waals surface area contributed by atoms with E-state index in [2.05, 4.69) is 11.9 Å². The van der Waals surface area contributed by atoms with Gasteiger partial charge in [0.05, 0.1) is 5.70 Å². The molecule has 1 unspecified atom stereocenters. The van der Waals surface area contributed by atoms with Gasteiger partial charge in [0.1, 0.15) is 5.76 Å². The summed E-state index contributed by atoms with van der Waals surface area (Å²) < 4.78 is 5.66. The molecule has 1 saturated heterocycles. The Balaban J connectivity index is 0. The molecule has 1 heterocycles. The maximum atomic E-state index is 5.66. The van der Waals surface area contributed by atoms with E-state index in [9.17, 15) is 0 Å². The third kappa shape index (κ3) is 8.35. The van der Waals surface area contributed by atoms with Gasteiger partial charge in [-0.3, -0.25) is 0 Å². The van der Waals surface area contributed by atoms with Crippen LogP contribution in [0.15, 0.2) is 66.6 Å². The lowest BCUT2D eigenvalue weighted by atomic mass is 10.2. The number of hydrogen-bond acceptors (Lipinski definition) is 2. The molecule has 1 aliphatic heterocycles. The average Bonchev–Trinajstić information content (AvgIpc) is 3.00. The molecule has 2 nitrogen and oxygen atoms in total. The Bertz CT molecular complexity index is 428. The molecule has 1 aliphatic rings. The van der Waals surface area contributed by atoms with Gasteiger partial charge in [0, 0.05) is 5.56 Å². The van der Waals surface area contributed by atoms with Gasteiger partial charge in [0.15, 0.2) is 6.23 Å². The van der Waals surface area contributed by atoms with Crippen molar-refractivity contribution in [3.05, 3.63) is 72.2 Å². The molecular weight excluding hydrogens is 270 g/mol. The van der Waals surface area contributed by atoms with E-state index in [0.717, 1.165) is 17.0 Å². The molecule has 2 heteroatoms. The molecule has 1 atom stereocenters. The van der Waals surface area contributed by atoms with Crippen LogP contribution < -0.4 is 5.32 Å². The summed E-state index contributed by atoms with van der Waals surface area (Å²) in [6.45, 7) is 17.8. The standard InChI is InChI=1S/C12H13NO.C4H8.2C2H6/c1-3-11-9(2)13-12(14-11)10-7-5-4-6-8-10;1-3-4-2;2*1-2/h3-8,12-13H,2H2,1H3;3-4H,1-2H3;2*1-2H3/b11-3+;4-3-;;. The second-order valence-corrected chi connectivity index (χ2v) is 3.85. The van der Waals surface area contributed by atoms with Crippen molar-refractivity contribution in [2.75, 3.05) is 0 Å². The summed E-state index contributed by atoms with van der Waals surface area (Å²) in [7, 11) is 0. The fourth-order valence-corrected chi connectivity index (χ4v) is 1.48. The van der Waals surface area contributed by atoms with Crippen LogP contribution in [0.25, 0.3) is 0 Å². The van der Waals surface area contributed by atoms with Crippen LogP contribution in [0, 0.1) is 0 Å². The van der Waals surface area contributed by atoms with Gasteiger partial charge in [0.25, 0.3) is 0 Å². The number of rotatable bonds is 1. The smallest absolute Gasteiger partial charge is 0.196 e. The van der Waals surface area contributed by atoms with E-state index in [-0.39, 0.29) is 6.23 Å². The minimum Gasteiger partial charge on any atom is -0.465 e. The van der Waals surface area contributed by atoms with Crippen LogP contribution in [0.3, 0.4) is 0 Å². The van der Waals surface area contributed by atoms with Crippen molar-refractivity contribution in [1.82, 2.24) is 5.32 Å². The Kier molecular flexibility index (Phi) is 15.7. The van der Waals surface area contributed by atoms with Gasteiger partial charge < -0.3 is 10.1 Å². The topological polar surface area (TPSA) is 21.3 Å². The molecule has 1 aromatic carbocycles. The number of hydrogen-bond donors (Lipinski definition) is 1. The van der Waals surface area contributed by atoms with Gasteiger partial charge in [-0.25, -0.2) is 0 Å². The van der Waals surface area contributed by atoms with Gasteiger partial charge in [-0.1, -0.05) is 76.8 Å². The van der Waals surface area contributed by atoms with Crippen LogP contribution in [0.1, 0.15) is 60.3 Å². The lowest BCUT2D eigenvalue weighted by Crippen LogP contribution is -2.11. The minimum absolute atomic E-state index is 0.0881. The van der Waals surface area contributed by atoms with Gasteiger partial charge in [-0.2, -0.15) is 0 Å². The van der Waals surface area contributed by atoms with E-state index < -0.39 is 0 Å². The monoisotopic (exact) mass is 303 g/mol. The highest BCUT2D eigenvalue weighted by Gasteiger charge is 2.23. The highest BCUT2D eigenvalue weighted by molar-refractivity contribution is 5.29. The molecule has 1 fully saturated rings. The summed E-state index contributed by atoms with van der Waals surface area (Å²) in [6.07, 6.45) is 5.83. The molecule has 124 valence electrons. The lowest BCUT2D eigenvalue weighted by molar-refractivity contribution is 0.147. The molecule has 0 radical (unpaired) electrons. The molecule has 0 bridgehead atoms. The van der Waals surface area contributed by atoms with Crippen LogP contribution in [0.2, 0.25) is 0 Å². The predicted molar refractivity (Wildman–Crippen MR) is 99.5 cm³/mol.